The van der Waals surface area contributed by atoms with Crippen LogP contribution in [0.25, 0.3) is 0 Å². The van der Waals surface area contributed by atoms with Crippen molar-refractivity contribution in [3.05, 3.63) is 101 Å². The first-order valence-corrected chi connectivity index (χ1v) is 12.9. The number of aromatic hydroxyl groups is 1. The van der Waals surface area contributed by atoms with Gasteiger partial charge in [-0.1, -0.05) is 61.7 Å². The van der Waals surface area contributed by atoms with Crippen molar-refractivity contribution >= 4 is 49.1 Å². The zero-order valence-corrected chi connectivity index (χ0v) is 22.5. The zero-order valence-electron chi connectivity index (χ0n) is 18.6. The van der Waals surface area contributed by atoms with Gasteiger partial charge in [0.25, 0.3) is 0 Å². The van der Waals surface area contributed by atoms with E-state index in [2.05, 4.69) is 63.0 Å². The third-order valence-electron chi connectivity index (χ3n) is 5.97. The number of alkyl halides is 1. The maximum Gasteiger partial charge on any atom is 0.310 e. The van der Waals surface area contributed by atoms with E-state index in [1.807, 2.05) is 19.1 Å². The second kappa shape index (κ2) is 11.5. The number of fused-ring (bicyclic) bond motifs is 1. The Labute approximate surface area is 216 Å². The molecule has 0 amide bonds. The summed E-state index contributed by atoms with van der Waals surface area (Å²) in [6.07, 6.45) is 3.71. The predicted molar refractivity (Wildman–Crippen MR) is 141 cm³/mol. The maximum absolute atomic E-state index is 11.1. The van der Waals surface area contributed by atoms with Crippen LogP contribution in [-0.2, 0) is 18.7 Å². The van der Waals surface area contributed by atoms with Gasteiger partial charge in [0, 0.05) is 20.9 Å². The lowest BCUT2D eigenvalue weighted by Gasteiger charge is -2.26. The Morgan fingerprint density at radius 2 is 1.70 bits per heavy atom. The Morgan fingerprint density at radius 3 is 2.27 bits per heavy atom. The fourth-order valence-corrected chi connectivity index (χ4v) is 5.52. The van der Waals surface area contributed by atoms with Crippen molar-refractivity contribution in [3.63, 3.8) is 0 Å². The van der Waals surface area contributed by atoms with Crippen molar-refractivity contribution in [2.24, 2.45) is 0 Å². The highest BCUT2D eigenvalue weighted by Gasteiger charge is 2.26. The van der Waals surface area contributed by atoms with E-state index in [9.17, 15) is 15.2 Å². The summed E-state index contributed by atoms with van der Waals surface area (Å²) in [6, 6.07) is 15.6. The highest BCUT2D eigenvalue weighted by molar-refractivity contribution is 9.11. The van der Waals surface area contributed by atoms with Gasteiger partial charge in [-0.3, -0.25) is 10.1 Å². The molecule has 1 aliphatic carbocycles. The van der Waals surface area contributed by atoms with Crippen molar-refractivity contribution in [2.45, 2.75) is 51.3 Å². The summed E-state index contributed by atoms with van der Waals surface area (Å²) >= 11 is 12.7. The van der Waals surface area contributed by atoms with Crippen LogP contribution in [0.4, 0.5) is 5.69 Å². The molecule has 1 unspecified atom stereocenters. The van der Waals surface area contributed by atoms with Gasteiger partial charge in [0.15, 0.2) is 5.75 Å². The van der Waals surface area contributed by atoms with Gasteiger partial charge in [0.1, 0.15) is 0 Å². The highest BCUT2D eigenvalue weighted by Crippen LogP contribution is 2.40. The van der Waals surface area contributed by atoms with Crippen molar-refractivity contribution in [3.8, 4) is 5.75 Å². The summed E-state index contributed by atoms with van der Waals surface area (Å²) in [6.45, 7) is 4.11. The van der Waals surface area contributed by atoms with Gasteiger partial charge in [0.05, 0.1) is 4.92 Å². The van der Waals surface area contributed by atoms with Crippen molar-refractivity contribution in [2.75, 3.05) is 0 Å². The summed E-state index contributed by atoms with van der Waals surface area (Å²) in [5, 5.41) is 21.0. The normalized spacial score (nSPS) is 14.8. The number of nitro groups is 1. The van der Waals surface area contributed by atoms with E-state index in [0.717, 1.165) is 51.3 Å². The molecular weight excluding hydrogens is 570 g/mol. The Hall–Kier alpha value is -1.89. The first kappa shape index (κ1) is 25.7. The van der Waals surface area contributed by atoms with Gasteiger partial charge in [0.2, 0.25) is 0 Å². The molecular formula is C26H26Br2ClNO3. The fraction of sp³-hybridized carbons (Fsp3) is 0.308. The van der Waals surface area contributed by atoms with Crippen LogP contribution in [0.2, 0.25) is 0 Å². The molecule has 33 heavy (non-hydrogen) atoms. The molecule has 4 nitrogen and oxygen atoms in total. The van der Waals surface area contributed by atoms with Crippen LogP contribution in [-0.4, -0.2) is 10.0 Å². The van der Waals surface area contributed by atoms with Gasteiger partial charge >= 0.3 is 5.69 Å². The van der Waals surface area contributed by atoms with Crippen LogP contribution in [0, 0.1) is 24.0 Å². The van der Waals surface area contributed by atoms with Crippen LogP contribution in [0.15, 0.2) is 57.5 Å². The molecule has 3 aromatic rings. The van der Waals surface area contributed by atoms with E-state index in [4.69, 9.17) is 11.6 Å². The van der Waals surface area contributed by atoms with Crippen LogP contribution in [0.3, 0.4) is 0 Å². The molecule has 1 N–H and O–H groups in total. The van der Waals surface area contributed by atoms with Crippen molar-refractivity contribution in [1.29, 1.82) is 0 Å². The molecule has 1 atom stereocenters. The van der Waals surface area contributed by atoms with Gasteiger partial charge in [-0.05, 0) is 91.5 Å². The van der Waals surface area contributed by atoms with E-state index in [-0.39, 0.29) is 17.4 Å². The van der Waals surface area contributed by atoms with E-state index >= 15 is 0 Å². The number of phenolic OH excluding ortho intramolecular Hbond substituents is 1. The maximum atomic E-state index is 11.1. The lowest BCUT2D eigenvalue weighted by atomic mass is 9.79. The number of hydrogen-bond donors (Lipinski definition) is 1. The predicted octanol–water partition coefficient (Wildman–Crippen LogP) is 8.53. The molecule has 7 heteroatoms. The summed E-state index contributed by atoms with van der Waals surface area (Å²) in [5.41, 5.74) is 6.63. The third kappa shape index (κ3) is 6.58. The first-order valence-electron chi connectivity index (χ1n) is 10.8. The molecule has 0 heterocycles. The number of nitrogens with zero attached hydrogens (tertiary/aromatic N) is 1. The summed E-state index contributed by atoms with van der Waals surface area (Å²) in [5.74, 6) is 0.607. The number of aryl methyl sites for hydroxylation is 2. The zero-order chi connectivity index (χ0) is 24.1. The summed E-state index contributed by atoms with van der Waals surface area (Å²) in [7, 11) is 0. The van der Waals surface area contributed by atoms with Crippen LogP contribution in [0.5, 0.6) is 5.75 Å². The second-order valence-corrected chi connectivity index (χ2v) is 10.4. The van der Waals surface area contributed by atoms with Crippen LogP contribution in [0.1, 0.15) is 52.1 Å². The number of hydrogen-bond acceptors (Lipinski definition) is 3. The SMILES string of the molecule is Cc1c(Br)cc(CC2CCCc3cc(O)c([N+](=O)[O-])cc32)cc1Br.Cc1ccc(CCl)cc1. The van der Waals surface area contributed by atoms with Gasteiger partial charge < -0.3 is 5.11 Å². The minimum atomic E-state index is -0.514. The molecule has 3 aromatic carbocycles. The smallest absolute Gasteiger partial charge is 0.310 e. The monoisotopic (exact) mass is 593 g/mol. The summed E-state index contributed by atoms with van der Waals surface area (Å²) in [4.78, 5) is 10.6. The number of phenols is 1. The molecule has 0 fully saturated rings. The molecule has 0 saturated carbocycles. The van der Waals surface area contributed by atoms with Gasteiger partial charge in [-0.25, -0.2) is 0 Å². The molecule has 4 rings (SSSR count). The van der Waals surface area contributed by atoms with Crippen molar-refractivity contribution < 1.29 is 10.0 Å². The topological polar surface area (TPSA) is 63.4 Å². The Morgan fingerprint density at radius 1 is 1.06 bits per heavy atom. The molecule has 1 aliphatic rings. The van der Waals surface area contributed by atoms with Crippen LogP contribution >= 0.6 is 43.5 Å². The quantitative estimate of drug-likeness (QED) is 0.187. The molecule has 0 bridgehead atoms. The van der Waals surface area contributed by atoms with E-state index in [1.54, 1.807) is 12.1 Å². The average molecular weight is 596 g/mol. The average Bonchev–Trinajstić information content (AvgIpc) is 2.78. The van der Waals surface area contributed by atoms with E-state index < -0.39 is 4.92 Å². The molecule has 0 aromatic heterocycles. The largest absolute Gasteiger partial charge is 0.502 e. The third-order valence-corrected chi connectivity index (χ3v) is 7.93. The van der Waals surface area contributed by atoms with E-state index in [0.29, 0.717) is 5.88 Å². The molecule has 0 aliphatic heterocycles. The fourth-order valence-electron chi connectivity index (χ4n) is 4.06. The minimum absolute atomic E-state index is 0.202. The Balaban J connectivity index is 0.000000286. The van der Waals surface area contributed by atoms with Gasteiger partial charge in [-0.15, -0.1) is 11.6 Å². The molecule has 0 radical (unpaired) electrons. The second-order valence-electron chi connectivity index (χ2n) is 8.39. The van der Waals surface area contributed by atoms with Crippen LogP contribution < -0.4 is 0 Å². The summed E-state index contributed by atoms with van der Waals surface area (Å²) < 4.78 is 2.11. The Kier molecular flexibility index (Phi) is 8.96. The highest BCUT2D eigenvalue weighted by atomic mass is 79.9. The lowest BCUT2D eigenvalue weighted by Crippen LogP contribution is -2.13. The molecule has 0 spiro atoms. The number of halogens is 3. The van der Waals surface area contributed by atoms with E-state index in [1.165, 1.54) is 16.7 Å². The van der Waals surface area contributed by atoms with Gasteiger partial charge in [-0.2, -0.15) is 0 Å². The van der Waals surface area contributed by atoms with Crippen molar-refractivity contribution in [1.82, 2.24) is 0 Å². The number of benzene rings is 3. The lowest BCUT2D eigenvalue weighted by molar-refractivity contribution is -0.386. The molecule has 174 valence electrons. The number of nitro benzene ring substituents is 1. The minimum Gasteiger partial charge on any atom is -0.502 e. The molecule has 0 saturated heterocycles. The first-order chi connectivity index (χ1) is 15.7. The Bertz CT molecular complexity index is 1130. The number of rotatable bonds is 4. The standard InChI is InChI=1S/C18H17Br2NO3.C8H9Cl/c1-10-15(19)6-11(7-16(10)20)5-12-3-2-4-13-8-18(22)17(21(23)24)9-14(12)13;1-7-2-4-8(6-9)5-3-7/h6-9,12,22H,2-5H2,1H3;2-5H,6H2,1H3.